The Morgan fingerprint density at radius 2 is 2.14 bits per heavy atom. The van der Waals surface area contributed by atoms with E-state index in [1.54, 1.807) is 13.2 Å². The van der Waals surface area contributed by atoms with Gasteiger partial charge >= 0.3 is 0 Å². The summed E-state index contributed by atoms with van der Waals surface area (Å²) in [7, 11) is 1.56. The van der Waals surface area contributed by atoms with Crippen LogP contribution in [-0.2, 0) is 9.59 Å². The first kappa shape index (κ1) is 17.2. The van der Waals surface area contributed by atoms with E-state index in [0.717, 1.165) is 4.70 Å². The van der Waals surface area contributed by atoms with Crippen LogP contribution in [0.15, 0.2) is 18.2 Å². The number of hydrogen-bond donors (Lipinski definition) is 3. The molecule has 1 aromatic carbocycles. The fourth-order valence-corrected chi connectivity index (χ4v) is 2.46. The summed E-state index contributed by atoms with van der Waals surface area (Å²) >= 11 is 1.33. The van der Waals surface area contributed by atoms with Crippen LogP contribution in [0.1, 0.15) is 0 Å². The third kappa shape index (κ3) is 4.28. The number of nitrogens with one attached hydrogen (secondary N) is 2. The van der Waals surface area contributed by atoms with Gasteiger partial charge in [-0.05, 0) is 12.1 Å². The van der Waals surface area contributed by atoms with E-state index in [2.05, 4.69) is 15.6 Å². The van der Waals surface area contributed by atoms with Gasteiger partial charge in [0.1, 0.15) is 11.3 Å². The first-order valence-electron chi connectivity index (χ1n) is 5.84. The molecule has 114 valence electrons. The fraction of sp³-hybridized carbons (Fsp3) is 0.250. The molecule has 2 rings (SSSR count). The molecular formula is C12H15ClN4O3S. The van der Waals surface area contributed by atoms with E-state index in [1.807, 2.05) is 12.1 Å². The van der Waals surface area contributed by atoms with Gasteiger partial charge in [0, 0.05) is 0 Å². The first-order chi connectivity index (χ1) is 9.63. The van der Waals surface area contributed by atoms with Gasteiger partial charge in [-0.15, -0.1) is 12.4 Å². The van der Waals surface area contributed by atoms with E-state index < -0.39 is 0 Å². The van der Waals surface area contributed by atoms with Crippen molar-refractivity contribution in [3.05, 3.63) is 18.2 Å². The van der Waals surface area contributed by atoms with Crippen LogP contribution >= 0.6 is 23.7 Å². The van der Waals surface area contributed by atoms with Crippen molar-refractivity contribution in [1.82, 2.24) is 10.3 Å². The molecule has 0 aliphatic heterocycles. The highest BCUT2D eigenvalue weighted by atomic mass is 35.5. The molecule has 1 aromatic heterocycles. The smallest absolute Gasteiger partial charge is 0.245 e. The maximum Gasteiger partial charge on any atom is 0.245 e. The third-order valence-corrected chi connectivity index (χ3v) is 3.42. The minimum Gasteiger partial charge on any atom is -0.494 e. The number of nitrogens with zero attached hydrogens (tertiary/aromatic N) is 1. The number of carbonyl (C=O) groups excluding carboxylic acids is 2. The van der Waals surface area contributed by atoms with Crippen LogP contribution in [0.3, 0.4) is 0 Å². The van der Waals surface area contributed by atoms with Crippen LogP contribution < -0.4 is 21.1 Å². The minimum atomic E-state index is -0.383. The largest absolute Gasteiger partial charge is 0.494 e. The maximum atomic E-state index is 11.6. The van der Waals surface area contributed by atoms with Gasteiger partial charge < -0.3 is 21.1 Å². The normalized spacial score (nSPS) is 9.81. The highest BCUT2D eigenvalue weighted by Crippen LogP contribution is 2.31. The molecule has 7 nitrogen and oxygen atoms in total. The predicted molar refractivity (Wildman–Crippen MR) is 84.1 cm³/mol. The average Bonchev–Trinajstić information content (AvgIpc) is 2.86. The van der Waals surface area contributed by atoms with Gasteiger partial charge in [0.2, 0.25) is 11.8 Å². The number of thiazole rings is 1. The number of methoxy groups -OCH3 is 1. The molecule has 0 atom stereocenters. The minimum absolute atomic E-state index is 0. The van der Waals surface area contributed by atoms with Crippen LogP contribution in [0.2, 0.25) is 0 Å². The summed E-state index contributed by atoms with van der Waals surface area (Å²) < 4.78 is 6.11. The highest BCUT2D eigenvalue weighted by Gasteiger charge is 2.11. The fourth-order valence-electron chi connectivity index (χ4n) is 1.56. The van der Waals surface area contributed by atoms with Gasteiger partial charge in [-0.25, -0.2) is 4.98 Å². The van der Waals surface area contributed by atoms with Crippen LogP contribution in [0.5, 0.6) is 5.75 Å². The molecule has 2 amide bonds. The average molecular weight is 331 g/mol. The Hall–Kier alpha value is -1.90. The van der Waals surface area contributed by atoms with Crippen molar-refractivity contribution < 1.29 is 14.3 Å². The van der Waals surface area contributed by atoms with Gasteiger partial charge in [-0.2, -0.15) is 0 Å². The Labute approximate surface area is 131 Å². The monoisotopic (exact) mass is 330 g/mol. The number of rotatable bonds is 5. The Bertz CT molecular complexity index is 646. The second-order valence-electron chi connectivity index (χ2n) is 3.86. The van der Waals surface area contributed by atoms with Crippen LogP contribution in [-0.4, -0.2) is 37.0 Å². The quantitative estimate of drug-likeness (QED) is 0.749. The van der Waals surface area contributed by atoms with E-state index in [0.29, 0.717) is 16.4 Å². The Balaban J connectivity index is 0.00000220. The number of para-hydroxylation sites is 1. The van der Waals surface area contributed by atoms with Crippen molar-refractivity contribution >= 4 is 50.9 Å². The summed E-state index contributed by atoms with van der Waals surface area (Å²) in [6, 6.07) is 5.54. The molecule has 0 saturated carbocycles. The van der Waals surface area contributed by atoms with Crippen molar-refractivity contribution in [2.24, 2.45) is 5.73 Å². The van der Waals surface area contributed by atoms with E-state index in [9.17, 15) is 9.59 Å². The number of aromatic nitrogens is 1. The van der Waals surface area contributed by atoms with Gasteiger partial charge in [-0.1, -0.05) is 17.4 Å². The van der Waals surface area contributed by atoms with E-state index in [1.165, 1.54) is 11.3 Å². The second-order valence-corrected chi connectivity index (χ2v) is 4.89. The standard InChI is InChI=1S/C12H14N4O3S.ClH/c1-19-7-3-2-4-8-11(7)16-12(20-8)15-10(18)6-14-9(17)5-13;/h2-4H,5-6,13H2,1H3,(H,14,17)(H,15,16,18);1H. The van der Waals surface area contributed by atoms with Crippen molar-refractivity contribution in [1.29, 1.82) is 0 Å². The summed E-state index contributed by atoms with van der Waals surface area (Å²) in [5.74, 6) is -0.0911. The molecule has 0 spiro atoms. The van der Waals surface area contributed by atoms with Crippen LogP contribution in [0, 0.1) is 0 Å². The van der Waals surface area contributed by atoms with Crippen LogP contribution in [0.4, 0.5) is 5.13 Å². The number of carbonyl (C=O) groups is 2. The number of fused-ring (bicyclic) bond motifs is 1. The van der Waals surface area contributed by atoms with Gasteiger partial charge in [0.05, 0.1) is 24.9 Å². The lowest BCUT2D eigenvalue weighted by molar-refractivity contribution is -0.123. The summed E-state index contributed by atoms with van der Waals surface area (Å²) in [4.78, 5) is 26.9. The lowest BCUT2D eigenvalue weighted by Crippen LogP contribution is -2.36. The molecule has 0 saturated heterocycles. The molecule has 0 unspecified atom stereocenters. The molecule has 2 aromatic rings. The van der Waals surface area contributed by atoms with Gasteiger partial charge in [-0.3, -0.25) is 9.59 Å². The summed E-state index contributed by atoms with van der Waals surface area (Å²) in [5.41, 5.74) is 5.82. The van der Waals surface area contributed by atoms with E-state index >= 15 is 0 Å². The lowest BCUT2D eigenvalue weighted by atomic mass is 10.3. The molecule has 9 heteroatoms. The summed E-state index contributed by atoms with van der Waals surface area (Å²) in [6.07, 6.45) is 0. The molecule has 0 fully saturated rings. The third-order valence-electron chi connectivity index (χ3n) is 2.48. The number of nitrogens with two attached hydrogens (primary N) is 1. The molecule has 0 aliphatic carbocycles. The predicted octanol–water partition coefficient (Wildman–Crippen LogP) is 0.740. The highest BCUT2D eigenvalue weighted by molar-refractivity contribution is 7.22. The maximum absolute atomic E-state index is 11.6. The van der Waals surface area contributed by atoms with E-state index in [4.69, 9.17) is 10.5 Å². The van der Waals surface area contributed by atoms with Crippen LogP contribution in [0.25, 0.3) is 10.2 Å². The molecule has 0 radical (unpaired) electrons. The van der Waals surface area contributed by atoms with Gasteiger partial charge in [0.15, 0.2) is 5.13 Å². The van der Waals surface area contributed by atoms with Crippen molar-refractivity contribution in [2.45, 2.75) is 0 Å². The number of hydrogen-bond acceptors (Lipinski definition) is 6. The lowest BCUT2D eigenvalue weighted by Gasteiger charge is -2.02. The molecule has 21 heavy (non-hydrogen) atoms. The Morgan fingerprint density at radius 1 is 1.38 bits per heavy atom. The van der Waals surface area contributed by atoms with Crippen molar-refractivity contribution in [2.75, 3.05) is 25.5 Å². The van der Waals surface area contributed by atoms with E-state index in [-0.39, 0.29) is 37.3 Å². The first-order valence-corrected chi connectivity index (χ1v) is 6.66. The number of benzene rings is 1. The molecule has 0 aliphatic rings. The molecule has 4 N–H and O–H groups in total. The van der Waals surface area contributed by atoms with Crippen molar-refractivity contribution in [3.8, 4) is 5.75 Å². The topological polar surface area (TPSA) is 106 Å². The Kier molecular flexibility index (Phi) is 6.35. The number of anilines is 1. The Morgan fingerprint density at radius 3 is 2.81 bits per heavy atom. The number of amides is 2. The zero-order valence-electron chi connectivity index (χ0n) is 11.2. The zero-order valence-corrected chi connectivity index (χ0v) is 12.8. The van der Waals surface area contributed by atoms with Crippen molar-refractivity contribution in [3.63, 3.8) is 0 Å². The molecule has 1 heterocycles. The summed E-state index contributed by atoms with van der Waals surface area (Å²) in [6.45, 7) is -0.283. The number of halogens is 1. The number of ether oxygens (including phenoxy) is 1. The molecule has 0 bridgehead atoms. The zero-order chi connectivity index (χ0) is 14.5. The second kappa shape index (κ2) is 7.77. The summed E-state index contributed by atoms with van der Waals surface area (Å²) in [5, 5.41) is 5.46. The molecular weight excluding hydrogens is 316 g/mol. The van der Waals surface area contributed by atoms with Gasteiger partial charge in [0.25, 0.3) is 0 Å². The SMILES string of the molecule is COc1cccc2sc(NC(=O)CNC(=O)CN)nc12.Cl.